The number of nitrogens with one attached hydrogen (secondary N) is 1. The highest BCUT2D eigenvalue weighted by Gasteiger charge is 2.22. The second kappa shape index (κ2) is 9.54. The molecule has 1 unspecified atom stereocenters. The van der Waals surface area contributed by atoms with Crippen molar-refractivity contribution in [3.05, 3.63) is 76.4 Å². The van der Waals surface area contributed by atoms with Crippen molar-refractivity contribution in [3.8, 4) is 5.75 Å². The maximum Gasteiger partial charge on any atom is 0.338 e. The Hall–Kier alpha value is -3.82. The maximum atomic E-state index is 13.7. The number of halogens is 3. The summed E-state index contributed by atoms with van der Waals surface area (Å²) in [5, 5.41) is 5.89. The fourth-order valence-corrected chi connectivity index (χ4v) is 2.69. The molecule has 1 aromatic heterocycles. The number of aromatic nitrogens is 1. The largest absolute Gasteiger partial charge is 0.489 e. The molecule has 2 aromatic carbocycles. The van der Waals surface area contributed by atoms with Gasteiger partial charge in [-0.05, 0) is 57.2 Å². The lowest BCUT2D eigenvalue weighted by atomic mass is 10.2. The zero-order valence-corrected chi connectivity index (χ0v) is 17.4. The summed E-state index contributed by atoms with van der Waals surface area (Å²) in [6, 6.07) is 7.53. The molecule has 0 aliphatic rings. The molecule has 0 spiro atoms. The van der Waals surface area contributed by atoms with E-state index in [1.165, 1.54) is 19.1 Å². The van der Waals surface area contributed by atoms with Gasteiger partial charge in [-0.1, -0.05) is 5.16 Å². The Bertz CT molecular complexity index is 1130. The van der Waals surface area contributed by atoms with E-state index in [2.05, 4.69) is 10.5 Å². The Morgan fingerprint density at radius 3 is 2.38 bits per heavy atom. The summed E-state index contributed by atoms with van der Waals surface area (Å²) in [7, 11) is 0. The highest BCUT2D eigenvalue weighted by atomic mass is 19.2. The van der Waals surface area contributed by atoms with E-state index in [9.17, 15) is 22.8 Å². The number of aryl methyl sites for hydroxylation is 2. The Morgan fingerprint density at radius 1 is 1.06 bits per heavy atom. The van der Waals surface area contributed by atoms with Gasteiger partial charge in [0.15, 0.2) is 23.6 Å². The molecule has 3 rings (SSSR count). The first-order valence-electron chi connectivity index (χ1n) is 9.47. The highest BCUT2D eigenvalue weighted by Crippen LogP contribution is 2.21. The molecule has 3 aromatic rings. The van der Waals surface area contributed by atoms with E-state index in [-0.39, 0.29) is 12.2 Å². The minimum absolute atomic E-state index is 0.147. The first kappa shape index (κ1) is 22.9. The van der Waals surface area contributed by atoms with Gasteiger partial charge in [-0.2, -0.15) is 0 Å². The molecular weight excluding hydrogens is 429 g/mol. The van der Waals surface area contributed by atoms with Crippen LogP contribution in [0, 0.1) is 31.3 Å². The Balaban J connectivity index is 1.56. The minimum Gasteiger partial charge on any atom is -0.489 e. The number of hydrogen-bond donors (Lipinski definition) is 1. The van der Waals surface area contributed by atoms with E-state index in [0.717, 1.165) is 17.3 Å². The zero-order valence-electron chi connectivity index (χ0n) is 17.4. The number of ether oxygens (including phenoxy) is 2. The summed E-state index contributed by atoms with van der Waals surface area (Å²) in [4.78, 5) is 24.4. The van der Waals surface area contributed by atoms with E-state index in [1.807, 2.05) is 0 Å². The Labute approximate surface area is 181 Å². The summed E-state index contributed by atoms with van der Waals surface area (Å²) in [6.45, 7) is 5.07. The Morgan fingerprint density at radius 2 is 1.75 bits per heavy atom. The van der Waals surface area contributed by atoms with Crippen LogP contribution < -0.4 is 10.1 Å². The van der Waals surface area contributed by atoms with Crippen molar-refractivity contribution in [1.29, 1.82) is 0 Å². The van der Waals surface area contributed by atoms with Crippen molar-refractivity contribution in [3.63, 3.8) is 0 Å². The molecule has 10 heteroatoms. The third-order valence-electron chi connectivity index (χ3n) is 4.60. The van der Waals surface area contributed by atoms with Gasteiger partial charge in [-0.3, -0.25) is 4.79 Å². The van der Waals surface area contributed by atoms with E-state index in [0.29, 0.717) is 17.6 Å². The van der Waals surface area contributed by atoms with Crippen LogP contribution in [-0.4, -0.2) is 23.1 Å². The van der Waals surface area contributed by atoms with Crippen molar-refractivity contribution in [2.45, 2.75) is 33.5 Å². The topological polar surface area (TPSA) is 90.7 Å². The SMILES string of the molecule is Cc1noc(C)c1COc1ccc(C(=O)OC(C)C(=O)Nc2ccc(F)c(F)c2F)cc1. The van der Waals surface area contributed by atoms with Crippen LogP contribution in [0.15, 0.2) is 40.9 Å². The quantitative estimate of drug-likeness (QED) is 0.424. The molecule has 1 amide bonds. The molecule has 0 radical (unpaired) electrons. The molecule has 0 aliphatic carbocycles. The number of anilines is 1. The first-order chi connectivity index (χ1) is 15.2. The Kier molecular flexibility index (Phi) is 6.82. The van der Waals surface area contributed by atoms with Crippen LogP contribution in [-0.2, 0) is 16.1 Å². The van der Waals surface area contributed by atoms with Gasteiger partial charge in [0.05, 0.1) is 22.5 Å². The van der Waals surface area contributed by atoms with Crippen molar-refractivity contribution in [1.82, 2.24) is 5.16 Å². The summed E-state index contributed by atoms with van der Waals surface area (Å²) < 4.78 is 55.7. The summed E-state index contributed by atoms with van der Waals surface area (Å²) in [6.07, 6.45) is -1.33. The van der Waals surface area contributed by atoms with Gasteiger partial charge in [0.1, 0.15) is 18.1 Å². The predicted octanol–water partition coefficient (Wildman–Crippen LogP) is 4.47. The first-order valence-corrected chi connectivity index (χ1v) is 9.47. The number of nitrogens with zero attached hydrogens (tertiary/aromatic N) is 1. The molecule has 0 saturated heterocycles. The lowest BCUT2D eigenvalue weighted by Gasteiger charge is -2.14. The predicted molar refractivity (Wildman–Crippen MR) is 107 cm³/mol. The molecule has 1 N–H and O–H groups in total. The van der Waals surface area contributed by atoms with Gasteiger partial charge in [0, 0.05) is 0 Å². The molecule has 1 atom stereocenters. The van der Waals surface area contributed by atoms with E-state index >= 15 is 0 Å². The molecule has 0 aliphatic heterocycles. The average Bonchev–Trinajstić information content (AvgIpc) is 3.10. The molecule has 0 bridgehead atoms. The molecule has 0 fully saturated rings. The number of benzene rings is 2. The second-order valence-electron chi connectivity index (χ2n) is 6.88. The third-order valence-corrected chi connectivity index (χ3v) is 4.60. The van der Waals surface area contributed by atoms with Crippen molar-refractivity contribution < 1.29 is 36.8 Å². The number of carbonyl (C=O) groups is 2. The molecular formula is C22H19F3N2O5. The number of amides is 1. The molecule has 168 valence electrons. The monoisotopic (exact) mass is 448 g/mol. The van der Waals surface area contributed by atoms with Gasteiger partial charge in [0.25, 0.3) is 5.91 Å². The van der Waals surface area contributed by atoms with Crippen LogP contribution in [0.1, 0.15) is 34.3 Å². The van der Waals surface area contributed by atoms with E-state index in [1.54, 1.807) is 26.0 Å². The van der Waals surface area contributed by atoms with Crippen molar-refractivity contribution >= 4 is 17.6 Å². The smallest absolute Gasteiger partial charge is 0.338 e. The zero-order chi connectivity index (χ0) is 23.4. The van der Waals surface area contributed by atoms with Crippen molar-refractivity contribution in [2.75, 3.05) is 5.32 Å². The number of rotatable bonds is 7. The number of hydrogen-bond acceptors (Lipinski definition) is 6. The molecule has 32 heavy (non-hydrogen) atoms. The van der Waals surface area contributed by atoms with Crippen molar-refractivity contribution in [2.24, 2.45) is 0 Å². The summed E-state index contributed by atoms with van der Waals surface area (Å²) in [5.74, 6) is -5.25. The van der Waals surface area contributed by atoms with Crippen LogP contribution in [0.3, 0.4) is 0 Å². The minimum atomic E-state index is -1.72. The van der Waals surface area contributed by atoms with E-state index in [4.69, 9.17) is 14.0 Å². The molecule has 0 saturated carbocycles. The van der Waals surface area contributed by atoms with Gasteiger partial charge in [0.2, 0.25) is 0 Å². The average molecular weight is 448 g/mol. The van der Waals surface area contributed by atoms with Crippen LogP contribution >= 0.6 is 0 Å². The van der Waals surface area contributed by atoms with Crippen LogP contribution in [0.25, 0.3) is 0 Å². The maximum absolute atomic E-state index is 13.7. The van der Waals surface area contributed by atoms with Crippen LogP contribution in [0.5, 0.6) is 5.75 Å². The molecule has 7 nitrogen and oxygen atoms in total. The summed E-state index contributed by atoms with van der Waals surface area (Å²) >= 11 is 0. The highest BCUT2D eigenvalue weighted by molar-refractivity contribution is 5.97. The normalized spacial score (nSPS) is 11.7. The fourth-order valence-electron chi connectivity index (χ4n) is 2.69. The standard InChI is InChI=1S/C22H19F3N2O5/c1-11-16(12(2)32-27-11)10-30-15-6-4-14(5-7-15)22(29)31-13(3)21(28)26-18-9-8-17(23)19(24)20(18)25/h4-9,13H,10H2,1-3H3,(H,26,28). The molecule has 1 heterocycles. The summed E-state index contributed by atoms with van der Waals surface area (Å²) in [5.41, 5.74) is 1.12. The van der Waals surface area contributed by atoms with Crippen LogP contribution in [0.2, 0.25) is 0 Å². The fraction of sp³-hybridized carbons (Fsp3) is 0.227. The third kappa shape index (κ3) is 5.08. The number of esters is 1. The van der Waals surface area contributed by atoms with Gasteiger partial charge < -0.3 is 19.3 Å². The van der Waals surface area contributed by atoms with Gasteiger partial charge in [-0.25, -0.2) is 18.0 Å². The second-order valence-corrected chi connectivity index (χ2v) is 6.88. The van der Waals surface area contributed by atoms with E-state index < -0.39 is 41.1 Å². The number of carbonyl (C=O) groups excluding carboxylic acids is 2. The van der Waals surface area contributed by atoms with Gasteiger partial charge in [-0.15, -0.1) is 0 Å². The lowest BCUT2D eigenvalue weighted by molar-refractivity contribution is -0.123. The lowest BCUT2D eigenvalue weighted by Crippen LogP contribution is -2.30. The van der Waals surface area contributed by atoms with Gasteiger partial charge >= 0.3 is 5.97 Å². The van der Waals surface area contributed by atoms with Crippen LogP contribution in [0.4, 0.5) is 18.9 Å².